The minimum absolute atomic E-state index is 0. The van der Waals surface area contributed by atoms with E-state index in [9.17, 15) is 10.2 Å². The summed E-state index contributed by atoms with van der Waals surface area (Å²) in [6.07, 6.45) is 5.18. The molecular formula is C17H21Cl2NO3. The van der Waals surface area contributed by atoms with Gasteiger partial charge in [-0.25, -0.2) is 0 Å². The Morgan fingerprint density at radius 3 is 2.83 bits per heavy atom. The van der Waals surface area contributed by atoms with E-state index in [0.717, 1.165) is 19.4 Å². The number of halogens is 2. The first-order valence-electron chi connectivity index (χ1n) is 7.71. The maximum Gasteiger partial charge on any atom is 0.165 e. The monoisotopic (exact) mass is 357 g/mol. The summed E-state index contributed by atoms with van der Waals surface area (Å²) in [6.45, 7) is 1.01. The first-order valence-corrected chi connectivity index (χ1v) is 7.71. The molecule has 4 nitrogen and oxygen atoms in total. The molecule has 0 unspecified atom stereocenters. The average Bonchev–Trinajstić information content (AvgIpc) is 2.83. The molecule has 0 aromatic heterocycles. The molecule has 2 aliphatic carbocycles. The van der Waals surface area contributed by atoms with E-state index >= 15 is 0 Å². The lowest BCUT2D eigenvalue weighted by Crippen LogP contribution is -2.64. The third kappa shape index (κ3) is 1.81. The van der Waals surface area contributed by atoms with Crippen LogP contribution in [-0.4, -0.2) is 47.0 Å². The third-order valence-corrected chi connectivity index (χ3v) is 6.15. The van der Waals surface area contributed by atoms with Crippen molar-refractivity contribution in [3.63, 3.8) is 0 Å². The molecule has 2 N–H and O–H groups in total. The molecule has 0 saturated carbocycles. The van der Waals surface area contributed by atoms with Gasteiger partial charge in [-0.3, -0.25) is 0 Å². The van der Waals surface area contributed by atoms with Crippen molar-refractivity contribution in [2.24, 2.45) is 5.92 Å². The minimum atomic E-state index is -0.594. The topological polar surface area (TPSA) is 52.9 Å². The number of hydrogen-bond acceptors (Lipinski definition) is 4. The van der Waals surface area contributed by atoms with Gasteiger partial charge in [0.2, 0.25) is 0 Å². The number of likely N-dealkylation sites (tertiary alicyclic amines) is 1. The van der Waals surface area contributed by atoms with Crippen LogP contribution in [0.15, 0.2) is 24.3 Å². The van der Waals surface area contributed by atoms with E-state index in [2.05, 4.69) is 18.0 Å². The first kappa shape index (κ1) is 16.9. The lowest BCUT2D eigenvalue weighted by atomic mass is 9.53. The molecule has 1 aromatic carbocycles. The van der Waals surface area contributed by atoms with E-state index in [1.807, 2.05) is 12.1 Å². The molecule has 0 radical (unpaired) electrons. The number of aliphatic hydroxyl groups is 1. The summed E-state index contributed by atoms with van der Waals surface area (Å²) in [6, 6.07) is 4.23. The second-order valence-corrected chi connectivity index (χ2v) is 6.93. The van der Waals surface area contributed by atoms with E-state index < -0.39 is 6.10 Å². The quantitative estimate of drug-likeness (QED) is 0.697. The molecule has 1 fully saturated rings. The van der Waals surface area contributed by atoms with Crippen LogP contribution in [0.1, 0.15) is 17.5 Å². The zero-order chi connectivity index (χ0) is 14.4. The second-order valence-electron chi connectivity index (χ2n) is 6.93. The fraction of sp³-hybridized carbons (Fsp3) is 0.529. The maximum absolute atomic E-state index is 10.4. The number of piperidine rings is 1. The van der Waals surface area contributed by atoms with Crippen molar-refractivity contribution in [2.75, 3.05) is 13.6 Å². The number of phenols is 1. The Morgan fingerprint density at radius 1 is 1.26 bits per heavy atom. The molecule has 6 heteroatoms. The van der Waals surface area contributed by atoms with Crippen molar-refractivity contribution < 1.29 is 14.9 Å². The van der Waals surface area contributed by atoms with Crippen LogP contribution in [0.4, 0.5) is 0 Å². The fourth-order valence-corrected chi connectivity index (χ4v) is 5.24. The fourth-order valence-electron chi connectivity index (χ4n) is 5.24. The zero-order valence-corrected chi connectivity index (χ0v) is 14.4. The van der Waals surface area contributed by atoms with Crippen LogP contribution >= 0.6 is 24.8 Å². The summed E-state index contributed by atoms with van der Waals surface area (Å²) in [7, 11) is 2.19. The largest absolute Gasteiger partial charge is 0.504 e. The van der Waals surface area contributed by atoms with Crippen LogP contribution < -0.4 is 4.74 Å². The van der Waals surface area contributed by atoms with Crippen molar-refractivity contribution in [2.45, 2.75) is 36.5 Å². The number of rotatable bonds is 0. The maximum atomic E-state index is 10.4. The van der Waals surface area contributed by atoms with Gasteiger partial charge in [-0.05, 0) is 38.1 Å². The standard InChI is InChI=1S/C17H19NO3.2ClH/c1-18-7-6-17-10-3-5-13(20)16(17)21-15-12(19)4-2-9(14(15)17)8-11(10)18;;/h2-5,10-11,13,16,19-20H,6-8H2,1H3;2*1H/t10-,11+,13-,16-,17-;;/m0../s1. The van der Waals surface area contributed by atoms with Gasteiger partial charge >= 0.3 is 0 Å². The van der Waals surface area contributed by atoms with Crippen LogP contribution in [-0.2, 0) is 11.8 Å². The highest BCUT2D eigenvalue weighted by Crippen LogP contribution is 2.62. The van der Waals surface area contributed by atoms with Gasteiger partial charge < -0.3 is 19.8 Å². The predicted molar refractivity (Wildman–Crippen MR) is 92.1 cm³/mol. The normalized spacial score (nSPS) is 38.9. The third-order valence-electron chi connectivity index (χ3n) is 6.15. The van der Waals surface area contributed by atoms with Gasteiger partial charge in [-0.2, -0.15) is 0 Å². The van der Waals surface area contributed by atoms with Crippen molar-refractivity contribution in [3.8, 4) is 11.5 Å². The SMILES string of the molecule is CN1CC[C@]23c4c5ccc(O)c4O[C@H]2[C@@H](O)C=C[C@H]3[C@H]1C5.Cl.Cl. The molecule has 1 aromatic rings. The van der Waals surface area contributed by atoms with E-state index in [-0.39, 0.29) is 42.1 Å². The van der Waals surface area contributed by atoms with Gasteiger partial charge in [0, 0.05) is 22.9 Å². The molecule has 4 aliphatic rings. The molecule has 1 saturated heterocycles. The van der Waals surface area contributed by atoms with Crippen LogP contribution in [0.3, 0.4) is 0 Å². The van der Waals surface area contributed by atoms with Gasteiger partial charge in [0.25, 0.3) is 0 Å². The minimum Gasteiger partial charge on any atom is -0.504 e. The van der Waals surface area contributed by atoms with E-state index in [0.29, 0.717) is 17.7 Å². The number of benzene rings is 1. The molecule has 2 bridgehead atoms. The first-order chi connectivity index (χ1) is 10.1. The van der Waals surface area contributed by atoms with Gasteiger partial charge in [0.1, 0.15) is 12.2 Å². The summed E-state index contributed by atoms with van der Waals surface area (Å²) in [5.74, 6) is 1.19. The number of likely N-dealkylation sites (N-methyl/N-ethyl adjacent to an activating group) is 1. The molecule has 23 heavy (non-hydrogen) atoms. The Kier molecular flexibility index (Phi) is 3.88. The van der Waals surface area contributed by atoms with Gasteiger partial charge in [0.15, 0.2) is 11.5 Å². The number of hydrogen-bond donors (Lipinski definition) is 2. The molecule has 1 spiro atoms. The van der Waals surface area contributed by atoms with E-state index in [4.69, 9.17) is 4.74 Å². The smallest absolute Gasteiger partial charge is 0.165 e. The van der Waals surface area contributed by atoms with Crippen molar-refractivity contribution in [3.05, 3.63) is 35.4 Å². The molecule has 126 valence electrons. The Hall–Kier alpha value is -0.940. The predicted octanol–water partition coefficient (Wildman–Crippen LogP) is 2.04. The summed E-state index contributed by atoms with van der Waals surface area (Å²) in [5.41, 5.74) is 2.29. The summed E-state index contributed by atoms with van der Waals surface area (Å²) in [5, 5.41) is 20.6. The Labute approximate surface area is 148 Å². The molecule has 5 atom stereocenters. The number of aliphatic hydroxyl groups excluding tert-OH is 1. The molecule has 2 aliphatic heterocycles. The van der Waals surface area contributed by atoms with Crippen LogP contribution in [0, 0.1) is 5.92 Å². The van der Waals surface area contributed by atoms with Crippen molar-refractivity contribution >= 4 is 24.8 Å². The Balaban J connectivity index is 0.000000781. The molecule has 0 amide bonds. The molecule has 2 heterocycles. The molecular weight excluding hydrogens is 337 g/mol. The number of aromatic hydroxyl groups is 1. The lowest BCUT2D eigenvalue weighted by Gasteiger charge is -2.56. The van der Waals surface area contributed by atoms with Crippen LogP contribution in [0.2, 0.25) is 0 Å². The highest BCUT2D eigenvalue weighted by Gasteiger charge is 2.64. The van der Waals surface area contributed by atoms with Gasteiger partial charge in [0.05, 0.1) is 0 Å². The van der Waals surface area contributed by atoms with Crippen LogP contribution in [0.5, 0.6) is 11.5 Å². The van der Waals surface area contributed by atoms with E-state index in [1.165, 1.54) is 11.1 Å². The average molecular weight is 358 g/mol. The van der Waals surface area contributed by atoms with Crippen molar-refractivity contribution in [1.82, 2.24) is 4.90 Å². The second kappa shape index (κ2) is 5.28. The Bertz CT molecular complexity index is 680. The van der Waals surface area contributed by atoms with E-state index in [1.54, 1.807) is 6.07 Å². The summed E-state index contributed by atoms with van der Waals surface area (Å²) >= 11 is 0. The Morgan fingerprint density at radius 2 is 2.04 bits per heavy atom. The zero-order valence-electron chi connectivity index (χ0n) is 12.8. The molecule has 5 rings (SSSR count). The van der Waals surface area contributed by atoms with Gasteiger partial charge in [-0.15, -0.1) is 24.8 Å². The van der Waals surface area contributed by atoms with Crippen LogP contribution in [0.25, 0.3) is 0 Å². The number of phenolic OH excluding ortho intramolecular Hbond substituents is 1. The lowest BCUT2D eigenvalue weighted by molar-refractivity contribution is -0.0453. The summed E-state index contributed by atoms with van der Waals surface area (Å²) in [4.78, 5) is 2.43. The number of ether oxygens (including phenoxy) is 1. The number of nitrogens with zero attached hydrogens (tertiary/aromatic N) is 1. The summed E-state index contributed by atoms with van der Waals surface area (Å²) < 4.78 is 6.09. The highest BCUT2D eigenvalue weighted by atomic mass is 35.5. The van der Waals surface area contributed by atoms with Gasteiger partial charge in [-0.1, -0.05) is 18.2 Å². The van der Waals surface area contributed by atoms with Crippen molar-refractivity contribution in [1.29, 1.82) is 0 Å². The highest BCUT2D eigenvalue weighted by molar-refractivity contribution is 5.85.